The standard InChI is InChI=1S/C24H31N3O2/c1-18-4-8-20(9-5-18)16-25-22(28)24(3)12-14-27(15-13-24)23(29)26-17-21-10-6-19(2)7-11-21/h4-11H,12-17H2,1-3H3,(H,25,28)(H,26,29). The predicted molar refractivity (Wildman–Crippen MR) is 115 cm³/mol. The number of likely N-dealkylation sites (tertiary alicyclic amines) is 1. The molecule has 29 heavy (non-hydrogen) atoms. The van der Waals surface area contributed by atoms with Gasteiger partial charge >= 0.3 is 6.03 Å². The van der Waals surface area contributed by atoms with Crippen molar-refractivity contribution in [1.29, 1.82) is 0 Å². The van der Waals surface area contributed by atoms with E-state index in [4.69, 9.17) is 0 Å². The van der Waals surface area contributed by atoms with Crippen LogP contribution in [0.25, 0.3) is 0 Å². The number of aryl methyl sites for hydroxylation is 2. The van der Waals surface area contributed by atoms with Crippen molar-refractivity contribution in [3.8, 4) is 0 Å². The Morgan fingerprint density at radius 2 is 1.28 bits per heavy atom. The highest BCUT2D eigenvalue weighted by Gasteiger charge is 2.37. The van der Waals surface area contributed by atoms with E-state index in [1.807, 2.05) is 62.1 Å². The number of urea groups is 1. The number of rotatable bonds is 5. The summed E-state index contributed by atoms with van der Waals surface area (Å²) >= 11 is 0. The van der Waals surface area contributed by atoms with Crippen LogP contribution in [0.4, 0.5) is 4.79 Å². The fourth-order valence-electron chi connectivity index (χ4n) is 3.53. The van der Waals surface area contributed by atoms with E-state index in [1.54, 1.807) is 0 Å². The maximum absolute atomic E-state index is 12.7. The van der Waals surface area contributed by atoms with Gasteiger partial charge < -0.3 is 15.5 Å². The van der Waals surface area contributed by atoms with Gasteiger partial charge in [0.25, 0.3) is 0 Å². The van der Waals surface area contributed by atoms with Crippen molar-refractivity contribution in [1.82, 2.24) is 15.5 Å². The molecular weight excluding hydrogens is 362 g/mol. The molecule has 1 aliphatic heterocycles. The van der Waals surface area contributed by atoms with E-state index in [-0.39, 0.29) is 11.9 Å². The normalized spacial score (nSPS) is 15.6. The molecule has 154 valence electrons. The average molecular weight is 394 g/mol. The molecule has 0 bridgehead atoms. The molecule has 2 aromatic carbocycles. The molecule has 0 radical (unpaired) electrons. The summed E-state index contributed by atoms with van der Waals surface area (Å²) in [6.07, 6.45) is 1.34. The van der Waals surface area contributed by atoms with Crippen LogP contribution >= 0.6 is 0 Å². The van der Waals surface area contributed by atoms with Gasteiger partial charge in [-0.05, 0) is 37.8 Å². The maximum atomic E-state index is 12.7. The molecule has 0 atom stereocenters. The first-order valence-corrected chi connectivity index (χ1v) is 10.3. The van der Waals surface area contributed by atoms with E-state index in [2.05, 4.69) is 22.8 Å². The first-order chi connectivity index (χ1) is 13.9. The second-order valence-corrected chi connectivity index (χ2v) is 8.36. The van der Waals surface area contributed by atoms with Gasteiger partial charge in [-0.2, -0.15) is 0 Å². The second kappa shape index (κ2) is 9.12. The van der Waals surface area contributed by atoms with Crippen molar-refractivity contribution in [3.05, 3.63) is 70.8 Å². The number of piperidine rings is 1. The van der Waals surface area contributed by atoms with Crippen LogP contribution in [-0.4, -0.2) is 29.9 Å². The van der Waals surface area contributed by atoms with Gasteiger partial charge in [0, 0.05) is 31.6 Å². The van der Waals surface area contributed by atoms with Gasteiger partial charge in [0.05, 0.1) is 0 Å². The third-order valence-electron chi connectivity index (χ3n) is 5.84. The van der Waals surface area contributed by atoms with Crippen molar-refractivity contribution >= 4 is 11.9 Å². The first-order valence-electron chi connectivity index (χ1n) is 10.3. The summed E-state index contributed by atoms with van der Waals surface area (Å²) in [7, 11) is 0. The Morgan fingerprint density at radius 3 is 1.76 bits per heavy atom. The summed E-state index contributed by atoms with van der Waals surface area (Å²) in [6.45, 7) is 8.33. The van der Waals surface area contributed by atoms with Crippen LogP contribution in [0.3, 0.4) is 0 Å². The molecule has 0 spiro atoms. The van der Waals surface area contributed by atoms with Gasteiger partial charge in [0.15, 0.2) is 0 Å². The Labute approximate surface area is 173 Å². The van der Waals surface area contributed by atoms with Crippen molar-refractivity contribution in [2.75, 3.05) is 13.1 Å². The first kappa shape index (κ1) is 20.9. The number of benzene rings is 2. The minimum Gasteiger partial charge on any atom is -0.352 e. The van der Waals surface area contributed by atoms with Crippen LogP contribution in [-0.2, 0) is 17.9 Å². The van der Waals surface area contributed by atoms with Crippen LogP contribution in [0.2, 0.25) is 0 Å². The zero-order chi connectivity index (χ0) is 20.9. The van der Waals surface area contributed by atoms with Crippen LogP contribution in [0.5, 0.6) is 0 Å². The fourth-order valence-corrected chi connectivity index (χ4v) is 3.53. The highest BCUT2D eigenvalue weighted by Crippen LogP contribution is 2.31. The van der Waals surface area contributed by atoms with Crippen LogP contribution < -0.4 is 10.6 Å². The lowest BCUT2D eigenvalue weighted by molar-refractivity contribution is -0.132. The molecule has 0 saturated carbocycles. The number of carbonyl (C=O) groups is 2. The summed E-state index contributed by atoms with van der Waals surface area (Å²) in [5.41, 5.74) is 4.16. The van der Waals surface area contributed by atoms with Crippen molar-refractivity contribution in [3.63, 3.8) is 0 Å². The SMILES string of the molecule is Cc1ccc(CNC(=O)N2CCC(C)(C(=O)NCc3ccc(C)cc3)CC2)cc1. The van der Waals surface area contributed by atoms with Gasteiger partial charge in [-0.3, -0.25) is 4.79 Å². The molecule has 3 amide bonds. The number of nitrogens with one attached hydrogen (secondary N) is 2. The van der Waals surface area contributed by atoms with Crippen LogP contribution in [0.15, 0.2) is 48.5 Å². The Morgan fingerprint density at radius 1 is 0.828 bits per heavy atom. The van der Waals surface area contributed by atoms with Gasteiger partial charge in [0.1, 0.15) is 0 Å². The topological polar surface area (TPSA) is 61.4 Å². The largest absolute Gasteiger partial charge is 0.352 e. The zero-order valence-corrected chi connectivity index (χ0v) is 17.6. The summed E-state index contributed by atoms with van der Waals surface area (Å²) in [4.78, 5) is 27.0. The number of amides is 3. The lowest BCUT2D eigenvalue weighted by Crippen LogP contribution is -2.50. The molecule has 1 fully saturated rings. The molecule has 1 aliphatic rings. The van der Waals surface area contributed by atoms with Crippen LogP contribution in [0.1, 0.15) is 42.0 Å². The fraction of sp³-hybridized carbons (Fsp3) is 0.417. The van der Waals surface area contributed by atoms with E-state index < -0.39 is 5.41 Å². The zero-order valence-electron chi connectivity index (χ0n) is 17.6. The molecular formula is C24H31N3O2. The Hall–Kier alpha value is -2.82. The highest BCUT2D eigenvalue weighted by atomic mass is 16.2. The van der Waals surface area contributed by atoms with E-state index in [0.29, 0.717) is 39.0 Å². The molecule has 2 aromatic rings. The summed E-state index contributed by atoms with van der Waals surface area (Å²) < 4.78 is 0. The lowest BCUT2D eigenvalue weighted by atomic mass is 9.79. The predicted octanol–water partition coefficient (Wildman–Crippen LogP) is 3.93. The molecule has 3 rings (SSSR count). The highest BCUT2D eigenvalue weighted by molar-refractivity contribution is 5.83. The van der Waals surface area contributed by atoms with Gasteiger partial charge in [-0.15, -0.1) is 0 Å². The molecule has 2 N–H and O–H groups in total. The number of nitrogens with zero attached hydrogens (tertiary/aromatic N) is 1. The summed E-state index contributed by atoms with van der Waals surface area (Å²) in [5.74, 6) is 0.0674. The second-order valence-electron chi connectivity index (χ2n) is 8.36. The third kappa shape index (κ3) is 5.59. The third-order valence-corrected chi connectivity index (χ3v) is 5.84. The number of hydrogen-bond acceptors (Lipinski definition) is 2. The molecule has 0 aliphatic carbocycles. The van der Waals surface area contributed by atoms with Crippen molar-refractivity contribution < 1.29 is 9.59 Å². The van der Waals surface area contributed by atoms with E-state index in [9.17, 15) is 9.59 Å². The molecule has 0 unspecified atom stereocenters. The van der Waals surface area contributed by atoms with E-state index >= 15 is 0 Å². The van der Waals surface area contributed by atoms with E-state index in [0.717, 1.165) is 11.1 Å². The molecule has 0 aromatic heterocycles. The number of carbonyl (C=O) groups excluding carboxylic acids is 2. The molecule has 5 heteroatoms. The Bertz CT molecular complexity index is 835. The molecule has 5 nitrogen and oxygen atoms in total. The maximum Gasteiger partial charge on any atom is 0.317 e. The van der Waals surface area contributed by atoms with Crippen LogP contribution in [0, 0.1) is 19.3 Å². The van der Waals surface area contributed by atoms with E-state index in [1.165, 1.54) is 11.1 Å². The average Bonchev–Trinajstić information content (AvgIpc) is 2.73. The smallest absolute Gasteiger partial charge is 0.317 e. The Balaban J connectivity index is 1.45. The number of hydrogen-bond donors (Lipinski definition) is 2. The monoisotopic (exact) mass is 393 g/mol. The molecule has 1 saturated heterocycles. The molecule has 1 heterocycles. The van der Waals surface area contributed by atoms with Gasteiger partial charge in [0.2, 0.25) is 5.91 Å². The Kier molecular flexibility index (Phi) is 6.57. The lowest BCUT2D eigenvalue weighted by Gasteiger charge is -2.38. The van der Waals surface area contributed by atoms with Gasteiger partial charge in [-0.1, -0.05) is 66.6 Å². The van der Waals surface area contributed by atoms with Crippen molar-refractivity contribution in [2.24, 2.45) is 5.41 Å². The summed E-state index contributed by atoms with van der Waals surface area (Å²) in [5, 5.41) is 6.05. The summed E-state index contributed by atoms with van der Waals surface area (Å²) in [6, 6.07) is 16.3. The minimum absolute atomic E-state index is 0.0623. The quantitative estimate of drug-likeness (QED) is 0.808. The minimum atomic E-state index is -0.432. The van der Waals surface area contributed by atoms with Crippen molar-refractivity contribution in [2.45, 2.75) is 46.7 Å². The van der Waals surface area contributed by atoms with Gasteiger partial charge in [-0.25, -0.2) is 4.79 Å².